The summed E-state index contributed by atoms with van der Waals surface area (Å²) in [5, 5.41) is 12.5. The van der Waals surface area contributed by atoms with Crippen molar-refractivity contribution in [3.8, 4) is 0 Å². The van der Waals surface area contributed by atoms with E-state index in [2.05, 4.69) is 5.32 Å². The van der Waals surface area contributed by atoms with E-state index in [0.29, 0.717) is 44.3 Å². The predicted molar refractivity (Wildman–Crippen MR) is 91.6 cm³/mol. The molecule has 3 rings (SSSR count). The highest BCUT2D eigenvalue weighted by Crippen LogP contribution is 2.35. The first-order valence-electron chi connectivity index (χ1n) is 9.04. The van der Waals surface area contributed by atoms with E-state index in [1.807, 2.05) is 6.92 Å². The largest absolute Gasteiger partial charge is 0.380 e. The van der Waals surface area contributed by atoms with Crippen LogP contribution in [0.1, 0.15) is 54.9 Å². The molecule has 2 amide bonds. The molecular weight excluding hydrogens is 323 g/mol. The van der Waals surface area contributed by atoms with Gasteiger partial charge in [-0.15, -0.1) is 0 Å². The number of aliphatic hydroxyl groups is 1. The molecule has 25 heavy (non-hydrogen) atoms. The fourth-order valence-corrected chi connectivity index (χ4v) is 3.48. The highest BCUT2D eigenvalue weighted by molar-refractivity contribution is 5.96. The van der Waals surface area contributed by atoms with Crippen molar-refractivity contribution in [3.05, 3.63) is 35.1 Å². The normalized spacial score (nSPS) is 21.2. The average molecular weight is 348 g/mol. The summed E-state index contributed by atoms with van der Waals surface area (Å²) in [6, 6.07) is 4.41. The first-order valence-corrected chi connectivity index (χ1v) is 9.04. The summed E-state index contributed by atoms with van der Waals surface area (Å²) in [4.78, 5) is 26.5. The lowest BCUT2D eigenvalue weighted by atomic mass is 10.0. The fraction of sp³-hybridized carbons (Fsp3) is 0.579. The van der Waals surface area contributed by atoms with Gasteiger partial charge in [0.1, 0.15) is 11.4 Å². The number of carbonyl (C=O) groups excluding carboxylic acids is 2. The second kappa shape index (κ2) is 7.12. The van der Waals surface area contributed by atoms with Gasteiger partial charge in [-0.1, -0.05) is 13.0 Å². The van der Waals surface area contributed by atoms with Crippen molar-refractivity contribution in [2.45, 2.75) is 57.1 Å². The van der Waals surface area contributed by atoms with Crippen LogP contribution >= 0.6 is 0 Å². The van der Waals surface area contributed by atoms with Crippen LogP contribution in [-0.2, 0) is 11.2 Å². The van der Waals surface area contributed by atoms with Crippen LogP contribution < -0.4 is 5.32 Å². The molecule has 1 aliphatic heterocycles. The van der Waals surface area contributed by atoms with Crippen molar-refractivity contribution >= 4 is 11.8 Å². The Morgan fingerprint density at radius 2 is 2.16 bits per heavy atom. The standard InChI is InChI=1S/C19H25FN2O3/c1-2-13-5-6-14(20)12-16(13)17(23)22-11-3-4-15(22)7-10-21-18(24)19(25)8-9-19/h5-6,12,15,25H,2-4,7-11H2,1H3,(H,21,24)/t15-/m1/s1. The molecule has 1 heterocycles. The predicted octanol–water partition coefficient (Wildman–Crippen LogP) is 2.02. The van der Waals surface area contributed by atoms with Gasteiger partial charge in [0, 0.05) is 24.7 Å². The Morgan fingerprint density at radius 3 is 2.84 bits per heavy atom. The van der Waals surface area contributed by atoms with Gasteiger partial charge < -0.3 is 15.3 Å². The maximum absolute atomic E-state index is 13.6. The van der Waals surface area contributed by atoms with E-state index in [1.54, 1.807) is 11.0 Å². The molecule has 0 aromatic heterocycles. The van der Waals surface area contributed by atoms with Gasteiger partial charge in [0.15, 0.2) is 0 Å². The fourth-order valence-electron chi connectivity index (χ4n) is 3.48. The molecule has 0 radical (unpaired) electrons. The van der Waals surface area contributed by atoms with E-state index in [9.17, 15) is 19.1 Å². The molecule has 6 heteroatoms. The smallest absolute Gasteiger partial charge is 0.254 e. The Labute approximate surface area is 147 Å². The minimum absolute atomic E-state index is 0.0367. The molecule has 5 nitrogen and oxygen atoms in total. The summed E-state index contributed by atoms with van der Waals surface area (Å²) in [6.07, 6.45) is 4.14. The minimum atomic E-state index is -1.16. The maximum Gasteiger partial charge on any atom is 0.254 e. The third-order valence-corrected chi connectivity index (χ3v) is 5.23. The Hall–Kier alpha value is -1.95. The third kappa shape index (κ3) is 3.84. The van der Waals surface area contributed by atoms with E-state index in [1.165, 1.54) is 12.1 Å². The summed E-state index contributed by atoms with van der Waals surface area (Å²) in [5.74, 6) is -0.853. The van der Waals surface area contributed by atoms with Crippen molar-refractivity contribution in [1.82, 2.24) is 10.2 Å². The number of nitrogens with zero attached hydrogens (tertiary/aromatic N) is 1. The van der Waals surface area contributed by atoms with E-state index in [4.69, 9.17) is 0 Å². The summed E-state index contributed by atoms with van der Waals surface area (Å²) < 4.78 is 13.6. The zero-order valence-corrected chi connectivity index (χ0v) is 14.6. The number of rotatable bonds is 6. The lowest BCUT2D eigenvalue weighted by Crippen LogP contribution is -2.41. The number of carbonyl (C=O) groups is 2. The zero-order chi connectivity index (χ0) is 18.0. The van der Waals surface area contributed by atoms with Crippen LogP contribution in [0.25, 0.3) is 0 Å². The number of amides is 2. The molecule has 1 aromatic carbocycles. The Kier molecular flexibility index (Phi) is 5.08. The van der Waals surface area contributed by atoms with Crippen LogP contribution in [0.3, 0.4) is 0 Å². The number of aryl methyl sites for hydroxylation is 1. The van der Waals surface area contributed by atoms with Gasteiger partial charge in [0.25, 0.3) is 11.8 Å². The van der Waals surface area contributed by atoms with Gasteiger partial charge in [-0.2, -0.15) is 0 Å². The van der Waals surface area contributed by atoms with E-state index in [0.717, 1.165) is 18.4 Å². The highest BCUT2D eigenvalue weighted by Gasteiger charge is 2.47. The van der Waals surface area contributed by atoms with Crippen LogP contribution in [0.15, 0.2) is 18.2 Å². The molecule has 136 valence electrons. The molecule has 0 bridgehead atoms. The van der Waals surface area contributed by atoms with Crippen LogP contribution in [0.4, 0.5) is 4.39 Å². The summed E-state index contributed by atoms with van der Waals surface area (Å²) >= 11 is 0. The van der Waals surface area contributed by atoms with Crippen LogP contribution in [0.5, 0.6) is 0 Å². The van der Waals surface area contributed by atoms with Crippen molar-refractivity contribution in [2.24, 2.45) is 0 Å². The molecule has 1 saturated heterocycles. The maximum atomic E-state index is 13.6. The molecular formula is C19H25FN2O3. The lowest BCUT2D eigenvalue weighted by molar-refractivity contribution is -0.131. The SMILES string of the molecule is CCc1ccc(F)cc1C(=O)N1CCC[C@@H]1CCNC(=O)C1(O)CC1. The van der Waals surface area contributed by atoms with Crippen LogP contribution in [-0.4, -0.2) is 46.6 Å². The van der Waals surface area contributed by atoms with Crippen LogP contribution in [0, 0.1) is 5.82 Å². The second-order valence-electron chi connectivity index (χ2n) is 7.03. The van der Waals surface area contributed by atoms with Gasteiger partial charge in [-0.25, -0.2) is 4.39 Å². The quantitative estimate of drug-likeness (QED) is 0.826. The number of halogens is 1. The minimum Gasteiger partial charge on any atom is -0.380 e. The molecule has 2 aliphatic rings. The van der Waals surface area contributed by atoms with Gasteiger partial charge >= 0.3 is 0 Å². The van der Waals surface area contributed by atoms with Crippen molar-refractivity contribution in [3.63, 3.8) is 0 Å². The van der Waals surface area contributed by atoms with Gasteiger partial charge in [0.05, 0.1) is 0 Å². The second-order valence-corrected chi connectivity index (χ2v) is 7.03. The van der Waals surface area contributed by atoms with Crippen LogP contribution in [0.2, 0.25) is 0 Å². The van der Waals surface area contributed by atoms with Gasteiger partial charge in [0.2, 0.25) is 0 Å². The van der Waals surface area contributed by atoms with E-state index < -0.39 is 11.4 Å². The van der Waals surface area contributed by atoms with Gasteiger partial charge in [-0.3, -0.25) is 9.59 Å². The lowest BCUT2D eigenvalue weighted by Gasteiger charge is -2.26. The Balaban J connectivity index is 1.62. The number of benzene rings is 1. The molecule has 2 N–H and O–H groups in total. The van der Waals surface area contributed by atoms with E-state index in [-0.39, 0.29) is 17.9 Å². The highest BCUT2D eigenvalue weighted by atomic mass is 19.1. The zero-order valence-electron chi connectivity index (χ0n) is 14.6. The summed E-state index contributed by atoms with van der Waals surface area (Å²) in [6.45, 7) is 3.03. The Bertz CT molecular complexity index is 673. The molecule has 1 saturated carbocycles. The first kappa shape index (κ1) is 17.9. The number of hydrogen-bond acceptors (Lipinski definition) is 3. The van der Waals surface area contributed by atoms with Gasteiger partial charge in [-0.05, 0) is 56.2 Å². The molecule has 0 spiro atoms. The van der Waals surface area contributed by atoms with E-state index >= 15 is 0 Å². The molecule has 1 atom stereocenters. The summed E-state index contributed by atoms with van der Waals surface area (Å²) in [7, 11) is 0. The van der Waals surface area contributed by atoms with Crippen molar-refractivity contribution in [2.75, 3.05) is 13.1 Å². The first-order chi connectivity index (χ1) is 11.9. The molecule has 1 aromatic rings. The Morgan fingerprint density at radius 1 is 1.40 bits per heavy atom. The average Bonchev–Trinajstić information content (AvgIpc) is 3.19. The molecule has 1 aliphatic carbocycles. The number of likely N-dealkylation sites (tertiary alicyclic amines) is 1. The molecule has 2 fully saturated rings. The monoisotopic (exact) mass is 348 g/mol. The molecule has 0 unspecified atom stereocenters. The topological polar surface area (TPSA) is 69.6 Å². The summed E-state index contributed by atoms with van der Waals surface area (Å²) in [5.41, 5.74) is 0.120. The van der Waals surface area contributed by atoms with Crippen molar-refractivity contribution < 1.29 is 19.1 Å². The number of nitrogens with one attached hydrogen (secondary N) is 1. The van der Waals surface area contributed by atoms with Crippen molar-refractivity contribution in [1.29, 1.82) is 0 Å². The number of hydrogen-bond donors (Lipinski definition) is 2. The third-order valence-electron chi connectivity index (χ3n) is 5.23.